The van der Waals surface area contributed by atoms with Crippen LogP contribution in [0.1, 0.15) is 17.0 Å². The fourth-order valence-corrected chi connectivity index (χ4v) is 3.02. The predicted octanol–water partition coefficient (Wildman–Crippen LogP) is 4.56. The lowest BCUT2D eigenvalue weighted by molar-refractivity contribution is -0.121. The number of nitrogens with zero attached hydrogens (tertiary/aromatic N) is 2. The molecule has 1 atom stereocenters. The maximum atomic E-state index is 12.3. The molecule has 0 unspecified atom stereocenters. The topological polar surface area (TPSA) is 92.9 Å². The summed E-state index contributed by atoms with van der Waals surface area (Å²) < 4.78 is 16.7. The minimum Gasteiger partial charge on any atom is -0.493 e. The highest BCUT2D eigenvalue weighted by Crippen LogP contribution is 2.27. The van der Waals surface area contributed by atoms with Crippen molar-refractivity contribution in [3.63, 3.8) is 0 Å². The Labute approximate surface area is 197 Å². The van der Waals surface area contributed by atoms with E-state index in [0.29, 0.717) is 46.6 Å². The molecule has 0 aliphatic carbocycles. The van der Waals surface area contributed by atoms with Crippen LogP contribution in [0.25, 0.3) is 0 Å². The first-order valence-corrected chi connectivity index (χ1v) is 10.4. The molecule has 3 aromatic carbocycles. The fraction of sp³-hybridized carbons (Fsp3) is 0.160. The summed E-state index contributed by atoms with van der Waals surface area (Å²) in [5.74, 6) is 0.314. The van der Waals surface area contributed by atoms with Gasteiger partial charge < -0.3 is 14.2 Å². The highest BCUT2D eigenvalue weighted by molar-refractivity contribution is 6.30. The molecule has 0 spiro atoms. The largest absolute Gasteiger partial charge is 0.493 e. The summed E-state index contributed by atoms with van der Waals surface area (Å²) in [4.78, 5) is 12.3. The van der Waals surface area contributed by atoms with E-state index in [4.69, 9.17) is 25.8 Å². The number of hydrogen-bond acceptors (Lipinski definition) is 6. The molecule has 0 aliphatic rings. The molecule has 0 bridgehead atoms. The number of carbonyl (C=O) groups excluding carboxylic acids is 1. The van der Waals surface area contributed by atoms with E-state index in [1.807, 2.05) is 12.1 Å². The third-order valence-electron chi connectivity index (χ3n) is 4.52. The van der Waals surface area contributed by atoms with Gasteiger partial charge in [-0.2, -0.15) is 10.4 Å². The zero-order valence-corrected chi connectivity index (χ0v) is 18.7. The van der Waals surface area contributed by atoms with Crippen LogP contribution in [-0.4, -0.2) is 32.4 Å². The molecule has 1 amide bonds. The van der Waals surface area contributed by atoms with E-state index in [0.717, 1.165) is 0 Å². The fourth-order valence-electron chi connectivity index (χ4n) is 2.89. The van der Waals surface area contributed by atoms with Crippen LogP contribution in [-0.2, 0) is 4.79 Å². The van der Waals surface area contributed by atoms with E-state index >= 15 is 0 Å². The summed E-state index contributed by atoms with van der Waals surface area (Å²) in [6, 6.07) is 23.1. The van der Waals surface area contributed by atoms with E-state index in [9.17, 15) is 10.1 Å². The summed E-state index contributed by atoms with van der Waals surface area (Å²) in [5.41, 5.74) is 3.70. The number of nitriles is 1. The van der Waals surface area contributed by atoms with Crippen molar-refractivity contribution in [2.75, 3.05) is 20.3 Å². The second kappa shape index (κ2) is 12.1. The normalized spacial score (nSPS) is 11.4. The van der Waals surface area contributed by atoms with Crippen molar-refractivity contribution >= 4 is 23.7 Å². The van der Waals surface area contributed by atoms with Gasteiger partial charge in [-0.05, 0) is 53.6 Å². The Hall–Kier alpha value is -4.02. The van der Waals surface area contributed by atoms with E-state index in [1.165, 1.54) is 13.3 Å². The Morgan fingerprint density at radius 2 is 1.79 bits per heavy atom. The lowest BCUT2D eigenvalue weighted by Gasteiger charge is -2.12. The molecule has 3 aromatic rings. The summed E-state index contributed by atoms with van der Waals surface area (Å²) in [7, 11) is 1.53. The lowest BCUT2D eigenvalue weighted by Crippen LogP contribution is -2.24. The van der Waals surface area contributed by atoms with Crippen molar-refractivity contribution < 1.29 is 19.0 Å². The number of rotatable bonds is 10. The first kappa shape index (κ1) is 23.6. The number of amides is 1. The van der Waals surface area contributed by atoms with Crippen molar-refractivity contribution in [2.24, 2.45) is 5.10 Å². The highest BCUT2D eigenvalue weighted by atomic mass is 35.5. The van der Waals surface area contributed by atoms with Crippen molar-refractivity contribution in [1.29, 1.82) is 5.26 Å². The van der Waals surface area contributed by atoms with E-state index in [2.05, 4.69) is 10.5 Å². The monoisotopic (exact) mass is 463 g/mol. The second-order valence-electron chi connectivity index (χ2n) is 6.77. The number of hydrogen-bond donors (Lipinski definition) is 1. The van der Waals surface area contributed by atoms with Crippen LogP contribution in [0.2, 0.25) is 5.02 Å². The van der Waals surface area contributed by atoms with Gasteiger partial charge in [0.1, 0.15) is 19.0 Å². The molecule has 7 nitrogen and oxygen atoms in total. The van der Waals surface area contributed by atoms with Gasteiger partial charge in [0, 0.05) is 5.02 Å². The van der Waals surface area contributed by atoms with E-state index in [1.54, 1.807) is 66.7 Å². The molecule has 168 valence electrons. The number of nitrogens with one attached hydrogen (secondary N) is 1. The van der Waals surface area contributed by atoms with E-state index in [-0.39, 0.29) is 0 Å². The Bertz CT molecular complexity index is 1130. The molecule has 0 saturated heterocycles. The van der Waals surface area contributed by atoms with Crippen LogP contribution in [0, 0.1) is 11.3 Å². The molecule has 3 rings (SSSR count). The van der Waals surface area contributed by atoms with Gasteiger partial charge in [0.2, 0.25) is 0 Å². The molecule has 1 N–H and O–H groups in total. The Kier molecular flexibility index (Phi) is 8.69. The molecule has 0 aromatic heterocycles. The van der Waals surface area contributed by atoms with Crippen LogP contribution < -0.4 is 19.6 Å². The minimum atomic E-state index is -0.941. The van der Waals surface area contributed by atoms with Crippen LogP contribution in [0.15, 0.2) is 77.9 Å². The van der Waals surface area contributed by atoms with E-state index < -0.39 is 11.8 Å². The van der Waals surface area contributed by atoms with Gasteiger partial charge in [-0.3, -0.25) is 4.79 Å². The number of ether oxygens (including phenoxy) is 3. The number of halogens is 1. The SMILES string of the molecule is COc1cc(/C=N\NC(=O)[C@H](C#N)c2ccccc2)ccc1OCCOc1ccc(Cl)cc1. The maximum absolute atomic E-state index is 12.3. The Balaban J connectivity index is 1.53. The zero-order valence-electron chi connectivity index (χ0n) is 17.9. The standard InChI is InChI=1S/C25H22ClN3O4/c1-31-24-15-18(17-28-29-25(30)22(16-27)19-5-3-2-4-6-19)7-12-23(24)33-14-13-32-21-10-8-20(26)9-11-21/h2-12,15,17,22H,13-14H2,1H3,(H,29,30)/b28-17-/t22-/m1/s1. The predicted molar refractivity (Wildman–Crippen MR) is 126 cm³/mol. The quantitative estimate of drug-likeness (QED) is 0.270. The lowest BCUT2D eigenvalue weighted by atomic mass is 10.0. The number of carbonyl (C=O) groups is 1. The first-order valence-electron chi connectivity index (χ1n) is 10.1. The number of methoxy groups -OCH3 is 1. The van der Waals surface area contributed by atoms with Gasteiger partial charge in [0.05, 0.1) is 19.4 Å². The zero-order chi connectivity index (χ0) is 23.5. The van der Waals surface area contributed by atoms with Gasteiger partial charge in [0.25, 0.3) is 5.91 Å². The van der Waals surface area contributed by atoms with Gasteiger partial charge in [-0.1, -0.05) is 41.9 Å². The molecule has 0 aliphatic heterocycles. The van der Waals surface area contributed by atoms with Gasteiger partial charge in [-0.15, -0.1) is 0 Å². The molecule has 8 heteroatoms. The van der Waals surface area contributed by atoms with Crippen molar-refractivity contribution in [3.05, 3.63) is 88.9 Å². The molecular formula is C25H22ClN3O4. The maximum Gasteiger partial charge on any atom is 0.261 e. The highest BCUT2D eigenvalue weighted by Gasteiger charge is 2.19. The average molecular weight is 464 g/mol. The molecule has 0 saturated carbocycles. The number of benzene rings is 3. The average Bonchev–Trinajstić information content (AvgIpc) is 2.84. The molecular weight excluding hydrogens is 442 g/mol. The summed E-state index contributed by atoms with van der Waals surface area (Å²) in [6.45, 7) is 0.666. The summed E-state index contributed by atoms with van der Waals surface area (Å²) >= 11 is 5.86. The van der Waals surface area contributed by atoms with Gasteiger partial charge in [0.15, 0.2) is 17.4 Å². The molecule has 0 fully saturated rings. The van der Waals surface area contributed by atoms with Gasteiger partial charge >= 0.3 is 0 Å². The van der Waals surface area contributed by atoms with Crippen LogP contribution in [0.3, 0.4) is 0 Å². The summed E-state index contributed by atoms with van der Waals surface area (Å²) in [6.07, 6.45) is 1.47. The van der Waals surface area contributed by atoms with Gasteiger partial charge in [-0.25, -0.2) is 5.43 Å². The van der Waals surface area contributed by atoms with Crippen molar-refractivity contribution in [2.45, 2.75) is 5.92 Å². The van der Waals surface area contributed by atoms with Crippen LogP contribution >= 0.6 is 11.6 Å². The third kappa shape index (κ3) is 6.99. The molecule has 0 heterocycles. The Morgan fingerprint density at radius 1 is 1.06 bits per heavy atom. The third-order valence-corrected chi connectivity index (χ3v) is 4.78. The second-order valence-corrected chi connectivity index (χ2v) is 7.20. The number of hydrazone groups is 1. The molecule has 33 heavy (non-hydrogen) atoms. The minimum absolute atomic E-state index is 0.317. The first-order chi connectivity index (χ1) is 16.1. The van der Waals surface area contributed by atoms with Crippen molar-refractivity contribution in [3.8, 4) is 23.3 Å². The molecule has 0 radical (unpaired) electrons. The van der Waals surface area contributed by atoms with Crippen LogP contribution in [0.5, 0.6) is 17.2 Å². The Morgan fingerprint density at radius 3 is 2.48 bits per heavy atom. The van der Waals surface area contributed by atoms with Crippen LogP contribution in [0.4, 0.5) is 0 Å². The van der Waals surface area contributed by atoms with Crippen molar-refractivity contribution in [1.82, 2.24) is 5.43 Å². The smallest absolute Gasteiger partial charge is 0.261 e. The summed E-state index contributed by atoms with van der Waals surface area (Å²) in [5, 5.41) is 13.9.